The first-order valence-corrected chi connectivity index (χ1v) is 2.78. The number of hydrogen-bond donors (Lipinski definition) is 0. The quantitative estimate of drug-likeness (QED) is 0.490. The minimum absolute atomic E-state index is 0. The van der Waals surface area contributed by atoms with Crippen molar-refractivity contribution in [3.8, 4) is 0 Å². The third-order valence-electron chi connectivity index (χ3n) is 1.13. The molecule has 0 aliphatic rings. The maximum absolute atomic E-state index is 2.08. The monoisotopic (exact) mass is 205 g/mol. The topological polar surface area (TPSA) is 0 Å². The summed E-state index contributed by atoms with van der Waals surface area (Å²) < 4.78 is 0. The van der Waals surface area contributed by atoms with Crippen molar-refractivity contribution in [2.45, 2.75) is 6.92 Å². The van der Waals surface area contributed by atoms with E-state index in [2.05, 4.69) is 18.6 Å². The summed E-state index contributed by atoms with van der Waals surface area (Å²) in [6, 6.07) is 10.3. The zero-order valence-electron chi connectivity index (χ0n) is 6.08. The molecule has 0 aliphatic heterocycles. The van der Waals surface area contributed by atoms with Crippen LogP contribution in [0.4, 0.5) is 0 Å². The van der Waals surface area contributed by atoms with Gasteiger partial charge in [-0.1, -0.05) is 13.0 Å². The zero-order valence-corrected chi connectivity index (χ0v) is 9.86. The normalized spacial score (nSPS) is 6.90. The number of hydrogen-bond acceptors (Lipinski definition) is 0. The number of benzene rings is 1. The van der Waals surface area contributed by atoms with Gasteiger partial charge in [0, 0.05) is 19.5 Å². The second kappa shape index (κ2) is 7.11. The van der Waals surface area contributed by atoms with Crippen LogP contribution in [-0.2, 0) is 19.5 Å². The van der Waals surface area contributed by atoms with Crippen LogP contribution in [0.15, 0.2) is 30.3 Å². The molecule has 0 aliphatic carbocycles. The van der Waals surface area contributed by atoms with Crippen molar-refractivity contribution in [3.05, 3.63) is 42.3 Å². The Bertz CT molecular complexity index is 151. The SMILES string of the molecule is C[CH-]c1ccccc1.Cl.[Zn]. The molecular formula is C8H10ClZn-. The van der Waals surface area contributed by atoms with Gasteiger partial charge in [0.05, 0.1) is 0 Å². The first-order chi connectivity index (χ1) is 3.93. The van der Waals surface area contributed by atoms with Gasteiger partial charge < -0.3 is 0 Å². The molecule has 0 nitrogen and oxygen atoms in total. The van der Waals surface area contributed by atoms with Crippen molar-refractivity contribution in [1.82, 2.24) is 0 Å². The summed E-state index contributed by atoms with van der Waals surface area (Å²) in [5, 5.41) is 0. The second-order valence-corrected chi connectivity index (χ2v) is 1.70. The standard InChI is InChI=1S/C8H9.ClH.Zn/c1-2-8-6-4-3-5-7-8;;/h2-7H,1H3;1H;/q-1;;. The van der Waals surface area contributed by atoms with Crippen molar-refractivity contribution in [2.75, 3.05) is 0 Å². The predicted octanol–water partition coefficient (Wildman–Crippen LogP) is 2.68. The van der Waals surface area contributed by atoms with Crippen LogP contribution in [0.2, 0.25) is 0 Å². The van der Waals surface area contributed by atoms with Gasteiger partial charge in [0.1, 0.15) is 0 Å². The summed E-state index contributed by atoms with van der Waals surface area (Å²) in [6.07, 6.45) is 2.08. The minimum Gasteiger partial charge on any atom is -0.192 e. The van der Waals surface area contributed by atoms with Crippen LogP contribution in [0.3, 0.4) is 0 Å². The molecule has 1 aromatic rings. The summed E-state index contributed by atoms with van der Waals surface area (Å²) in [5.74, 6) is 0. The minimum atomic E-state index is 0. The summed E-state index contributed by atoms with van der Waals surface area (Å²) in [6.45, 7) is 2.04. The molecule has 2 heteroatoms. The summed E-state index contributed by atoms with van der Waals surface area (Å²) in [7, 11) is 0. The van der Waals surface area contributed by atoms with E-state index in [1.807, 2.05) is 25.1 Å². The zero-order chi connectivity index (χ0) is 5.82. The molecule has 0 atom stereocenters. The molecule has 0 spiro atoms. The summed E-state index contributed by atoms with van der Waals surface area (Å²) in [4.78, 5) is 0. The van der Waals surface area contributed by atoms with Gasteiger partial charge in [0.2, 0.25) is 0 Å². The molecular weight excluding hydrogens is 197 g/mol. The van der Waals surface area contributed by atoms with E-state index in [-0.39, 0.29) is 31.9 Å². The van der Waals surface area contributed by atoms with Crippen LogP contribution in [0, 0.1) is 6.42 Å². The Morgan fingerprint density at radius 1 is 1.10 bits per heavy atom. The van der Waals surface area contributed by atoms with E-state index < -0.39 is 0 Å². The molecule has 0 fully saturated rings. The molecule has 52 valence electrons. The molecule has 0 unspecified atom stereocenters. The average Bonchev–Trinajstić information content (AvgIpc) is 1.90. The first-order valence-electron chi connectivity index (χ1n) is 2.78. The number of rotatable bonds is 1. The maximum atomic E-state index is 2.08. The van der Waals surface area contributed by atoms with Crippen LogP contribution < -0.4 is 0 Å². The summed E-state index contributed by atoms with van der Waals surface area (Å²) >= 11 is 0. The van der Waals surface area contributed by atoms with Crippen molar-refractivity contribution < 1.29 is 19.5 Å². The van der Waals surface area contributed by atoms with Gasteiger partial charge in [-0.2, -0.15) is 24.1 Å². The predicted molar refractivity (Wildman–Crippen MR) is 42.8 cm³/mol. The van der Waals surface area contributed by atoms with Crippen LogP contribution in [0.1, 0.15) is 12.5 Å². The first kappa shape index (κ1) is 12.7. The average molecular weight is 207 g/mol. The van der Waals surface area contributed by atoms with E-state index in [9.17, 15) is 0 Å². The van der Waals surface area contributed by atoms with Gasteiger partial charge >= 0.3 is 0 Å². The van der Waals surface area contributed by atoms with Crippen LogP contribution in [0.5, 0.6) is 0 Å². The Hall–Kier alpha value is 0.00338. The van der Waals surface area contributed by atoms with Crippen molar-refractivity contribution in [1.29, 1.82) is 0 Å². The van der Waals surface area contributed by atoms with E-state index >= 15 is 0 Å². The Balaban J connectivity index is 0. The molecule has 0 saturated heterocycles. The van der Waals surface area contributed by atoms with Gasteiger partial charge in [0.15, 0.2) is 0 Å². The molecule has 0 bridgehead atoms. The van der Waals surface area contributed by atoms with Gasteiger partial charge in [0.25, 0.3) is 0 Å². The van der Waals surface area contributed by atoms with Gasteiger partial charge in [-0.25, -0.2) is 0 Å². The molecule has 1 aromatic carbocycles. The Labute approximate surface area is 81.2 Å². The Morgan fingerprint density at radius 3 is 1.90 bits per heavy atom. The van der Waals surface area contributed by atoms with Crippen LogP contribution >= 0.6 is 12.4 Å². The van der Waals surface area contributed by atoms with E-state index in [1.54, 1.807) is 0 Å². The van der Waals surface area contributed by atoms with E-state index in [0.717, 1.165) is 0 Å². The van der Waals surface area contributed by atoms with Crippen LogP contribution in [0.25, 0.3) is 0 Å². The molecule has 1 rings (SSSR count). The summed E-state index contributed by atoms with van der Waals surface area (Å²) in [5.41, 5.74) is 1.28. The molecule has 0 heterocycles. The van der Waals surface area contributed by atoms with Crippen LogP contribution in [-0.4, -0.2) is 0 Å². The Kier molecular flexibility index (Phi) is 9.01. The third kappa shape index (κ3) is 3.92. The fourth-order valence-electron chi connectivity index (χ4n) is 0.645. The largest absolute Gasteiger partial charge is 0.192 e. The van der Waals surface area contributed by atoms with Crippen molar-refractivity contribution in [3.63, 3.8) is 0 Å². The third-order valence-corrected chi connectivity index (χ3v) is 1.13. The van der Waals surface area contributed by atoms with E-state index in [0.29, 0.717) is 0 Å². The van der Waals surface area contributed by atoms with E-state index in [4.69, 9.17) is 0 Å². The molecule has 10 heavy (non-hydrogen) atoms. The molecule has 0 amide bonds. The molecule has 0 radical (unpaired) electrons. The second-order valence-electron chi connectivity index (χ2n) is 1.70. The Morgan fingerprint density at radius 2 is 1.60 bits per heavy atom. The van der Waals surface area contributed by atoms with E-state index in [1.165, 1.54) is 5.56 Å². The molecule has 0 aromatic heterocycles. The van der Waals surface area contributed by atoms with Crippen molar-refractivity contribution in [2.24, 2.45) is 0 Å². The fourth-order valence-corrected chi connectivity index (χ4v) is 0.645. The van der Waals surface area contributed by atoms with Gasteiger partial charge in [-0.3, -0.25) is 0 Å². The van der Waals surface area contributed by atoms with Gasteiger partial charge in [-0.15, -0.1) is 24.5 Å². The van der Waals surface area contributed by atoms with Gasteiger partial charge in [-0.05, 0) is 0 Å². The maximum Gasteiger partial charge on any atom is 0 e. The fraction of sp³-hybridized carbons (Fsp3) is 0.125. The van der Waals surface area contributed by atoms with Crippen molar-refractivity contribution >= 4 is 12.4 Å². The number of halogens is 1. The molecule has 0 N–H and O–H groups in total. The smallest absolute Gasteiger partial charge is 0 e. The molecule has 0 saturated carbocycles.